The summed E-state index contributed by atoms with van der Waals surface area (Å²) in [6, 6.07) is 4.04. The molecule has 0 aromatic heterocycles. The van der Waals surface area contributed by atoms with Crippen molar-refractivity contribution in [3.05, 3.63) is 28.8 Å². The lowest BCUT2D eigenvalue weighted by Gasteiger charge is -2.30. The quantitative estimate of drug-likeness (QED) is 0.836. The van der Waals surface area contributed by atoms with E-state index in [4.69, 9.17) is 4.74 Å². The van der Waals surface area contributed by atoms with E-state index in [-0.39, 0.29) is 17.2 Å². The monoisotopic (exact) mass is 278 g/mol. The molecule has 112 valence electrons. The Bertz CT molecular complexity index is 433. The lowest BCUT2D eigenvalue weighted by Crippen LogP contribution is -2.22. The predicted octanol–water partition coefficient (Wildman–Crippen LogP) is 2.84. The molecule has 0 radical (unpaired) electrons. The van der Waals surface area contributed by atoms with E-state index in [0.29, 0.717) is 0 Å². The van der Waals surface area contributed by atoms with Crippen molar-refractivity contribution in [2.24, 2.45) is 0 Å². The van der Waals surface area contributed by atoms with Crippen molar-refractivity contribution in [2.75, 3.05) is 7.11 Å². The van der Waals surface area contributed by atoms with E-state index in [0.717, 1.165) is 22.4 Å². The first-order valence-electron chi connectivity index (χ1n) is 7.05. The van der Waals surface area contributed by atoms with Gasteiger partial charge in [-0.3, -0.25) is 0 Å². The van der Waals surface area contributed by atoms with E-state index in [2.05, 4.69) is 41.5 Å². The lowest BCUT2D eigenvalue weighted by molar-refractivity contribution is 0.380. The van der Waals surface area contributed by atoms with E-state index in [1.54, 1.807) is 7.11 Å². The summed E-state index contributed by atoms with van der Waals surface area (Å²) in [5.41, 5.74) is 2.99. The van der Waals surface area contributed by atoms with Gasteiger partial charge in [0.1, 0.15) is 5.75 Å². The van der Waals surface area contributed by atoms with Crippen LogP contribution in [-0.4, -0.2) is 24.3 Å². The van der Waals surface area contributed by atoms with Gasteiger partial charge in [-0.25, -0.2) is 0 Å². The molecule has 0 saturated carbocycles. The van der Waals surface area contributed by atoms with Crippen LogP contribution in [0, 0.1) is 0 Å². The Hall–Kier alpha value is -0.995. The molecule has 0 spiro atoms. The van der Waals surface area contributed by atoms with Gasteiger partial charge in [0.15, 0.2) is 0 Å². The first kappa shape index (κ1) is 17.1. The van der Waals surface area contributed by atoms with E-state index in [1.165, 1.54) is 0 Å². The molecule has 0 aliphatic carbocycles. The minimum atomic E-state index is -1.33. The first-order valence-corrected chi connectivity index (χ1v) is 7.05. The zero-order valence-electron chi connectivity index (χ0n) is 13.7. The highest BCUT2D eigenvalue weighted by atomic mass is 16.5. The molecular formula is C16H27BO3. The van der Waals surface area contributed by atoms with Crippen LogP contribution in [0.4, 0.5) is 0 Å². The van der Waals surface area contributed by atoms with E-state index in [1.807, 2.05) is 12.1 Å². The maximum atomic E-state index is 9.24. The topological polar surface area (TPSA) is 49.7 Å². The minimum Gasteiger partial charge on any atom is -0.496 e. The molecule has 0 atom stereocenters. The normalized spacial score (nSPS) is 12.4. The van der Waals surface area contributed by atoms with Crippen LogP contribution in [0.2, 0.25) is 0 Å². The Morgan fingerprint density at radius 3 is 1.60 bits per heavy atom. The summed E-state index contributed by atoms with van der Waals surface area (Å²) in [5.74, 6) is 0.904. The Morgan fingerprint density at radius 2 is 1.35 bits per heavy atom. The van der Waals surface area contributed by atoms with Gasteiger partial charge < -0.3 is 14.8 Å². The summed E-state index contributed by atoms with van der Waals surface area (Å²) in [5, 5.41) is 18.5. The molecule has 0 aliphatic rings. The van der Waals surface area contributed by atoms with Gasteiger partial charge in [0.05, 0.1) is 7.11 Å². The molecule has 3 nitrogen and oxygen atoms in total. The third-order valence-corrected chi connectivity index (χ3v) is 3.39. The summed E-state index contributed by atoms with van der Waals surface area (Å²) in [6.07, 6.45) is 0.232. The van der Waals surface area contributed by atoms with Crippen molar-refractivity contribution in [3.63, 3.8) is 0 Å². The molecule has 2 N–H and O–H groups in total. The zero-order valence-corrected chi connectivity index (χ0v) is 13.7. The summed E-state index contributed by atoms with van der Waals surface area (Å²) < 4.78 is 5.66. The van der Waals surface area contributed by atoms with E-state index < -0.39 is 7.12 Å². The molecule has 0 unspecified atom stereocenters. The van der Waals surface area contributed by atoms with Gasteiger partial charge in [-0.15, -0.1) is 0 Å². The predicted molar refractivity (Wildman–Crippen MR) is 84.3 cm³/mol. The fraction of sp³-hybridized carbons (Fsp3) is 0.625. The number of hydrogen-bond donors (Lipinski definition) is 2. The standard InChI is InChI=1S/C16H27BO3/c1-15(2,3)12-8-11(10-17(18)19)9-13(14(12)20-7)16(4,5)6/h8-9,18-19H,10H2,1-7H3. The fourth-order valence-electron chi connectivity index (χ4n) is 2.35. The van der Waals surface area contributed by atoms with Crippen molar-refractivity contribution >= 4 is 7.12 Å². The number of rotatable bonds is 3. The van der Waals surface area contributed by atoms with Crippen molar-refractivity contribution in [1.82, 2.24) is 0 Å². The largest absolute Gasteiger partial charge is 0.496 e. The number of methoxy groups -OCH3 is 1. The van der Waals surface area contributed by atoms with E-state index in [9.17, 15) is 10.0 Å². The van der Waals surface area contributed by atoms with Gasteiger partial charge in [-0.2, -0.15) is 0 Å². The highest BCUT2D eigenvalue weighted by Crippen LogP contribution is 2.40. The van der Waals surface area contributed by atoms with Crippen molar-refractivity contribution in [1.29, 1.82) is 0 Å². The summed E-state index contributed by atoms with van der Waals surface area (Å²) >= 11 is 0. The second-order valence-electron chi connectivity index (χ2n) is 7.41. The Morgan fingerprint density at radius 1 is 0.950 bits per heavy atom. The highest BCUT2D eigenvalue weighted by Gasteiger charge is 2.28. The molecule has 0 amide bonds. The molecule has 0 heterocycles. The molecule has 0 aliphatic heterocycles. The molecule has 20 heavy (non-hydrogen) atoms. The lowest BCUT2D eigenvalue weighted by atomic mass is 9.74. The van der Waals surface area contributed by atoms with Crippen LogP contribution in [0.3, 0.4) is 0 Å². The van der Waals surface area contributed by atoms with Gasteiger partial charge in [-0.1, -0.05) is 53.7 Å². The number of hydrogen-bond acceptors (Lipinski definition) is 3. The molecule has 0 bridgehead atoms. The molecule has 4 heteroatoms. The highest BCUT2D eigenvalue weighted by molar-refractivity contribution is 6.40. The molecule has 0 saturated heterocycles. The molecule has 0 fully saturated rings. The van der Waals surface area contributed by atoms with Gasteiger partial charge in [0.2, 0.25) is 0 Å². The Labute approximate surface area is 123 Å². The van der Waals surface area contributed by atoms with Crippen LogP contribution in [0.5, 0.6) is 5.75 Å². The second kappa shape index (κ2) is 5.78. The molecule has 1 aromatic rings. The van der Waals surface area contributed by atoms with Crippen LogP contribution in [0.15, 0.2) is 12.1 Å². The van der Waals surface area contributed by atoms with Crippen LogP contribution >= 0.6 is 0 Å². The van der Waals surface area contributed by atoms with Crippen LogP contribution in [-0.2, 0) is 17.2 Å². The van der Waals surface area contributed by atoms with Gasteiger partial charge in [0, 0.05) is 17.4 Å². The molecule has 1 aromatic carbocycles. The average Bonchev–Trinajstić information content (AvgIpc) is 2.24. The van der Waals surface area contributed by atoms with Crippen molar-refractivity contribution in [2.45, 2.75) is 58.7 Å². The second-order valence-corrected chi connectivity index (χ2v) is 7.41. The fourth-order valence-corrected chi connectivity index (χ4v) is 2.35. The van der Waals surface area contributed by atoms with Crippen LogP contribution in [0.1, 0.15) is 58.2 Å². The van der Waals surface area contributed by atoms with Crippen LogP contribution < -0.4 is 4.74 Å². The maximum Gasteiger partial charge on any atom is 0.456 e. The minimum absolute atomic E-state index is 0.0677. The average molecular weight is 278 g/mol. The van der Waals surface area contributed by atoms with E-state index >= 15 is 0 Å². The third-order valence-electron chi connectivity index (χ3n) is 3.39. The molecular weight excluding hydrogens is 251 g/mol. The van der Waals surface area contributed by atoms with Gasteiger partial charge in [0.25, 0.3) is 0 Å². The molecule has 1 rings (SSSR count). The van der Waals surface area contributed by atoms with Gasteiger partial charge in [-0.05, 0) is 16.4 Å². The Balaban J connectivity index is 3.56. The SMILES string of the molecule is COc1c(C(C)(C)C)cc(CB(O)O)cc1C(C)(C)C. The number of benzene rings is 1. The first-order chi connectivity index (χ1) is 8.96. The summed E-state index contributed by atoms with van der Waals surface area (Å²) in [7, 11) is 0.365. The van der Waals surface area contributed by atoms with Gasteiger partial charge >= 0.3 is 7.12 Å². The smallest absolute Gasteiger partial charge is 0.456 e. The number of ether oxygens (including phenoxy) is 1. The maximum absolute atomic E-state index is 9.24. The van der Waals surface area contributed by atoms with Crippen molar-refractivity contribution in [3.8, 4) is 5.75 Å². The summed E-state index contributed by atoms with van der Waals surface area (Å²) in [4.78, 5) is 0. The third kappa shape index (κ3) is 4.00. The van der Waals surface area contributed by atoms with Crippen molar-refractivity contribution < 1.29 is 14.8 Å². The Kier molecular flexibility index (Phi) is 4.93. The summed E-state index contributed by atoms with van der Waals surface area (Å²) in [6.45, 7) is 12.8. The zero-order chi connectivity index (χ0) is 15.7. The van der Waals surface area contributed by atoms with Crippen LogP contribution in [0.25, 0.3) is 0 Å².